The molecule has 2 heterocycles. The first kappa shape index (κ1) is 23.3. The van der Waals surface area contributed by atoms with Crippen molar-refractivity contribution in [2.45, 2.75) is 0 Å². The normalized spacial score (nSPS) is 10.4. The number of pyridine rings is 2. The third-order valence-corrected chi connectivity index (χ3v) is 6.04. The van der Waals surface area contributed by atoms with Crippen LogP contribution in [0.1, 0.15) is 15.9 Å². The van der Waals surface area contributed by atoms with E-state index in [1.807, 2.05) is 60.7 Å². The maximum Gasteiger partial charge on any atom is 0.255 e. The third-order valence-electron chi connectivity index (χ3n) is 5.42. The van der Waals surface area contributed by atoms with Gasteiger partial charge in [0.1, 0.15) is 0 Å². The number of rotatable bonds is 6. The quantitative estimate of drug-likeness (QED) is 0.190. The lowest BCUT2D eigenvalue weighted by Gasteiger charge is -2.12. The fourth-order valence-corrected chi connectivity index (χ4v) is 4.40. The van der Waals surface area contributed by atoms with Crippen LogP contribution in [0, 0.1) is 14.9 Å². The minimum atomic E-state index is -0.202. The molecule has 0 unspecified atom stereocenters. The number of carbonyl (C=O) groups excluding carboxylic acids is 1. The van der Waals surface area contributed by atoms with Gasteiger partial charge in [0, 0.05) is 61.5 Å². The van der Waals surface area contributed by atoms with Gasteiger partial charge in [0.2, 0.25) is 0 Å². The number of aromatic nitrogens is 2. The standard InChI is InChI=1S/C28H19IN6O/c29-20-14-23(33-22-7-10-31-11-8-22)16-24(15-20)35-28(36)19-2-4-21(5-3-19)34-27-9-12-32-26-6-1-18(17-30)13-25(26)27/h1-16H,(H,31,33)(H,32,34)(H,35,36). The highest BCUT2D eigenvalue weighted by Gasteiger charge is 2.09. The van der Waals surface area contributed by atoms with E-state index in [2.05, 4.69) is 54.6 Å². The molecule has 36 heavy (non-hydrogen) atoms. The minimum Gasteiger partial charge on any atom is -0.355 e. The lowest BCUT2D eigenvalue weighted by atomic mass is 10.1. The summed E-state index contributed by atoms with van der Waals surface area (Å²) in [4.78, 5) is 21.3. The number of amides is 1. The molecule has 0 fully saturated rings. The zero-order valence-electron chi connectivity index (χ0n) is 18.9. The van der Waals surface area contributed by atoms with Crippen LogP contribution in [0.2, 0.25) is 0 Å². The number of carbonyl (C=O) groups is 1. The Bertz CT molecular complexity index is 1600. The van der Waals surface area contributed by atoms with E-state index in [1.165, 1.54) is 0 Å². The average molecular weight is 582 g/mol. The molecule has 5 rings (SSSR count). The van der Waals surface area contributed by atoms with Crippen molar-refractivity contribution >= 4 is 67.8 Å². The van der Waals surface area contributed by atoms with Crippen molar-refractivity contribution in [1.82, 2.24) is 9.97 Å². The molecule has 0 radical (unpaired) electrons. The van der Waals surface area contributed by atoms with Crippen LogP contribution in [0.4, 0.5) is 28.4 Å². The van der Waals surface area contributed by atoms with Crippen LogP contribution < -0.4 is 16.0 Å². The molecule has 7 nitrogen and oxygen atoms in total. The maximum atomic E-state index is 12.9. The molecule has 174 valence electrons. The van der Waals surface area contributed by atoms with E-state index < -0.39 is 0 Å². The number of fused-ring (bicyclic) bond motifs is 1. The molecule has 3 N–H and O–H groups in total. The summed E-state index contributed by atoms with van der Waals surface area (Å²) in [5.41, 5.74) is 6.04. The monoisotopic (exact) mass is 582 g/mol. The molecule has 0 aliphatic carbocycles. The number of nitriles is 1. The van der Waals surface area contributed by atoms with Gasteiger partial charge in [-0.2, -0.15) is 5.26 Å². The van der Waals surface area contributed by atoms with Crippen molar-refractivity contribution in [1.29, 1.82) is 5.26 Å². The van der Waals surface area contributed by atoms with Gasteiger partial charge in [-0.3, -0.25) is 14.8 Å². The Hall–Kier alpha value is -4.49. The fraction of sp³-hybridized carbons (Fsp3) is 0. The molecule has 2 aromatic heterocycles. The molecule has 0 atom stereocenters. The second kappa shape index (κ2) is 10.4. The highest BCUT2D eigenvalue weighted by molar-refractivity contribution is 14.1. The van der Waals surface area contributed by atoms with Gasteiger partial charge in [0.15, 0.2) is 0 Å². The number of halogens is 1. The van der Waals surface area contributed by atoms with Crippen molar-refractivity contribution in [3.63, 3.8) is 0 Å². The van der Waals surface area contributed by atoms with Gasteiger partial charge >= 0.3 is 0 Å². The van der Waals surface area contributed by atoms with Crippen LogP contribution in [0.3, 0.4) is 0 Å². The van der Waals surface area contributed by atoms with E-state index in [0.29, 0.717) is 16.8 Å². The Morgan fingerprint density at radius 2 is 1.53 bits per heavy atom. The zero-order valence-corrected chi connectivity index (χ0v) is 21.0. The highest BCUT2D eigenvalue weighted by atomic mass is 127. The van der Waals surface area contributed by atoms with Crippen molar-refractivity contribution in [2.24, 2.45) is 0 Å². The minimum absolute atomic E-state index is 0.202. The largest absolute Gasteiger partial charge is 0.355 e. The Labute approximate surface area is 221 Å². The Morgan fingerprint density at radius 1 is 0.778 bits per heavy atom. The lowest BCUT2D eigenvalue weighted by Crippen LogP contribution is -2.12. The fourth-order valence-electron chi connectivity index (χ4n) is 3.72. The van der Waals surface area contributed by atoms with Gasteiger partial charge in [-0.25, -0.2) is 0 Å². The van der Waals surface area contributed by atoms with E-state index in [1.54, 1.807) is 36.8 Å². The Balaban J connectivity index is 1.30. The topological polar surface area (TPSA) is 103 Å². The second-order valence-corrected chi connectivity index (χ2v) is 9.19. The first-order valence-corrected chi connectivity index (χ1v) is 12.1. The summed E-state index contributed by atoms with van der Waals surface area (Å²) < 4.78 is 0.991. The molecule has 0 saturated heterocycles. The number of benzene rings is 3. The van der Waals surface area contributed by atoms with Crippen molar-refractivity contribution in [3.8, 4) is 6.07 Å². The summed E-state index contributed by atoms with van der Waals surface area (Å²) >= 11 is 2.23. The van der Waals surface area contributed by atoms with Crippen LogP contribution in [-0.2, 0) is 0 Å². The smallest absolute Gasteiger partial charge is 0.255 e. The molecular formula is C28H19IN6O. The number of hydrogen-bond acceptors (Lipinski definition) is 6. The van der Waals surface area contributed by atoms with E-state index >= 15 is 0 Å². The van der Waals surface area contributed by atoms with E-state index in [0.717, 1.165) is 37.2 Å². The molecule has 0 bridgehead atoms. The number of nitrogens with zero attached hydrogens (tertiary/aromatic N) is 3. The average Bonchev–Trinajstić information content (AvgIpc) is 2.89. The molecule has 0 saturated carbocycles. The molecular weight excluding hydrogens is 563 g/mol. The molecule has 0 aliphatic heterocycles. The zero-order chi connectivity index (χ0) is 24.9. The molecule has 0 spiro atoms. The van der Waals surface area contributed by atoms with Crippen molar-refractivity contribution in [3.05, 3.63) is 112 Å². The highest BCUT2D eigenvalue weighted by Crippen LogP contribution is 2.27. The third kappa shape index (κ3) is 5.42. The second-order valence-electron chi connectivity index (χ2n) is 7.95. The molecule has 5 aromatic rings. The predicted molar refractivity (Wildman–Crippen MR) is 151 cm³/mol. The van der Waals surface area contributed by atoms with Crippen molar-refractivity contribution in [2.75, 3.05) is 16.0 Å². The predicted octanol–water partition coefficient (Wildman–Crippen LogP) is 6.85. The molecule has 3 aromatic carbocycles. The van der Waals surface area contributed by atoms with Gasteiger partial charge in [-0.1, -0.05) is 0 Å². The molecule has 1 amide bonds. The van der Waals surface area contributed by atoms with E-state index in [4.69, 9.17) is 0 Å². The number of hydrogen-bond donors (Lipinski definition) is 3. The van der Waals surface area contributed by atoms with Crippen LogP contribution in [0.25, 0.3) is 10.9 Å². The Morgan fingerprint density at radius 3 is 2.31 bits per heavy atom. The van der Waals surface area contributed by atoms with Crippen LogP contribution in [-0.4, -0.2) is 15.9 Å². The summed E-state index contributed by atoms with van der Waals surface area (Å²) in [5, 5.41) is 19.7. The summed E-state index contributed by atoms with van der Waals surface area (Å²) in [6, 6.07) is 26.2. The van der Waals surface area contributed by atoms with Crippen LogP contribution in [0.15, 0.2) is 97.5 Å². The van der Waals surface area contributed by atoms with E-state index in [9.17, 15) is 10.1 Å². The molecule has 8 heteroatoms. The summed E-state index contributed by atoms with van der Waals surface area (Å²) in [7, 11) is 0. The summed E-state index contributed by atoms with van der Waals surface area (Å²) in [6.45, 7) is 0. The van der Waals surface area contributed by atoms with Gasteiger partial charge < -0.3 is 16.0 Å². The first-order chi connectivity index (χ1) is 17.6. The summed E-state index contributed by atoms with van der Waals surface area (Å²) in [5.74, 6) is -0.202. The first-order valence-electron chi connectivity index (χ1n) is 11.0. The molecule has 0 aliphatic rings. The summed E-state index contributed by atoms with van der Waals surface area (Å²) in [6.07, 6.45) is 5.16. The van der Waals surface area contributed by atoms with Gasteiger partial charge in [-0.15, -0.1) is 0 Å². The lowest BCUT2D eigenvalue weighted by molar-refractivity contribution is 0.102. The van der Waals surface area contributed by atoms with Crippen molar-refractivity contribution < 1.29 is 4.79 Å². The van der Waals surface area contributed by atoms with E-state index in [-0.39, 0.29) is 5.91 Å². The SMILES string of the molecule is N#Cc1ccc2nccc(Nc3ccc(C(=O)Nc4cc(I)cc(Nc5ccncc5)c4)cc3)c2c1. The Kier molecular flexibility index (Phi) is 6.73. The number of anilines is 5. The van der Waals surface area contributed by atoms with Gasteiger partial charge in [0.05, 0.1) is 17.1 Å². The van der Waals surface area contributed by atoms with Crippen LogP contribution >= 0.6 is 22.6 Å². The number of nitrogens with one attached hydrogen (secondary N) is 3. The van der Waals surface area contributed by atoms with Gasteiger partial charge in [0.25, 0.3) is 5.91 Å². The van der Waals surface area contributed by atoms with Crippen LogP contribution in [0.5, 0.6) is 0 Å². The van der Waals surface area contributed by atoms with Gasteiger partial charge in [-0.05, 0) is 101 Å². The maximum absolute atomic E-state index is 12.9.